The molecule has 1 amide bonds. The van der Waals surface area contributed by atoms with E-state index in [1.54, 1.807) is 30.6 Å². The van der Waals surface area contributed by atoms with Gasteiger partial charge in [0.1, 0.15) is 0 Å². The zero-order valence-electron chi connectivity index (χ0n) is 8.16. The molecule has 7 heteroatoms. The van der Waals surface area contributed by atoms with Crippen LogP contribution in [0.3, 0.4) is 0 Å². The quantitative estimate of drug-likeness (QED) is 0.679. The highest BCUT2D eigenvalue weighted by atomic mass is 16.1. The van der Waals surface area contributed by atoms with E-state index in [1.165, 1.54) is 0 Å². The second kappa shape index (κ2) is 4.30. The van der Waals surface area contributed by atoms with Gasteiger partial charge in [-0.15, -0.1) is 5.10 Å². The Hall–Kier alpha value is -2.57. The first kappa shape index (κ1) is 9.97. The average Bonchev–Trinajstić information content (AvgIpc) is 2.80. The van der Waals surface area contributed by atoms with Crippen LogP contribution in [0.1, 0.15) is 11.4 Å². The molecule has 2 heterocycles. The molecule has 0 fully saturated rings. The van der Waals surface area contributed by atoms with Crippen LogP contribution in [0, 0.1) is 0 Å². The summed E-state index contributed by atoms with van der Waals surface area (Å²) in [6.45, 7) is 0. The van der Waals surface area contributed by atoms with Crippen LogP contribution >= 0.6 is 0 Å². The molecule has 0 aliphatic rings. The minimum Gasteiger partial charge on any atom is -0.365 e. The number of carbonyl (C=O) groups excluding carboxylic acids is 1. The Morgan fingerprint density at radius 1 is 1.38 bits per heavy atom. The SMILES string of the molecule is NC(=O)C(=Cc1ccncc1)c1nnn[nH]1. The highest BCUT2D eigenvalue weighted by molar-refractivity contribution is 6.22. The van der Waals surface area contributed by atoms with Crippen LogP contribution in [-0.2, 0) is 4.79 Å². The first-order chi connectivity index (χ1) is 7.77. The van der Waals surface area contributed by atoms with Gasteiger partial charge >= 0.3 is 0 Å². The zero-order chi connectivity index (χ0) is 11.4. The van der Waals surface area contributed by atoms with E-state index in [1.807, 2.05) is 0 Å². The lowest BCUT2D eigenvalue weighted by Crippen LogP contribution is -2.13. The van der Waals surface area contributed by atoms with Crippen molar-refractivity contribution < 1.29 is 4.79 Å². The summed E-state index contributed by atoms with van der Waals surface area (Å²) < 4.78 is 0. The van der Waals surface area contributed by atoms with E-state index in [4.69, 9.17) is 5.73 Å². The zero-order valence-corrected chi connectivity index (χ0v) is 8.16. The van der Waals surface area contributed by atoms with Crippen LogP contribution in [0.25, 0.3) is 11.6 Å². The van der Waals surface area contributed by atoms with Crippen molar-refractivity contribution >= 4 is 17.6 Å². The van der Waals surface area contributed by atoms with Gasteiger partial charge in [0.2, 0.25) is 0 Å². The van der Waals surface area contributed by atoms with Crippen LogP contribution < -0.4 is 5.73 Å². The summed E-state index contributed by atoms with van der Waals surface area (Å²) in [6.07, 6.45) is 4.82. The van der Waals surface area contributed by atoms with Crippen molar-refractivity contribution in [3.8, 4) is 0 Å². The third-order valence-electron chi connectivity index (χ3n) is 1.88. The van der Waals surface area contributed by atoms with E-state index in [0.29, 0.717) is 0 Å². The number of rotatable bonds is 3. The summed E-state index contributed by atoms with van der Waals surface area (Å²) in [5.41, 5.74) is 6.25. The molecule has 0 bridgehead atoms. The summed E-state index contributed by atoms with van der Waals surface area (Å²) in [6, 6.07) is 3.49. The Balaban J connectivity index is 2.42. The maximum absolute atomic E-state index is 11.2. The number of nitrogens with one attached hydrogen (secondary N) is 1. The molecule has 80 valence electrons. The second-order valence-corrected chi connectivity index (χ2v) is 2.95. The summed E-state index contributed by atoms with van der Waals surface area (Å²) >= 11 is 0. The Kier molecular flexibility index (Phi) is 2.68. The summed E-state index contributed by atoms with van der Waals surface area (Å²) in [5.74, 6) is -0.361. The Labute approximate surface area is 90.4 Å². The lowest BCUT2D eigenvalue weighted by atomic mass is 10.1. The van der Waals surface area contributed by atoms with Gasteiger partial charge in [0.25, 0.3) is 5.91 Å². The number of nitrogens with zero attached hydrogens (tertiary/aromatic N) is 4. The summed E-state index contributed by atoms with van der Waals surface area (Å²) in [5, 5.41) is 12.9. The first-order valence-corrected chi connectivity index (χ1v) is 4.43. The fraction of sp³-hybridized carbons (Fsp3) is 0. The molecule has 3 N–H and O–H groups in total. The van der Waals surface area contributed by atoms with Gasteiger partial charge in [-0.1, -0.05) is 0 Å². The van der Waals surface area contributed by atoms with Gasteiger partial charge < -0.3 is 5.73 Å². The molecular formula is C9H8N6O. The maximum atomic E-state index is 11.2. The molecule has 0 radical (unpaired) electrons. The molecular weight excluding hydrogens is 208 g/mol. The standard InChI is InChI=1S/C9H8N6O/c10-8(16)7(9-12-14-15-13-9)5-6-1-3-11-4-2-6/h1-5H,(H2,10,16)(H,12,13,14,15). The minimum atomic E-state index is -0.602. The number of carbonyl (C=O) groups is 1. The molecule has 0 atom stereocenters. The van der Waals surface area contributed by atoms with Crippen molar-refractivity contribution in [2.24, 2.45) is 5.73 Å². The Morgan fingerprint density at radius 2 is 2.12 bits per heavy atom. The number of hydrogen-bond acceptors (Lipinski definition) is 5. The van der Waals surface area contributed by atoms with Gasteiger partial charge in [-0.05, 0) is 34.2 Å². The largest absolute Gasteiger partial charge is 0.365 e. The van der Waals surface area contributed by atoms with Crippen LogP contribution in [0.2, 0.25) is 0 Å². The van der Waals surface area contributed by atoms with E-state index in [0.717, 1.165) is 5.56 Å². The predicted octanol–water partition coefficient (Wildman–Crippen LogP) is -0.379. The molecule has 2 aromatic rings. The molecule has 7 nitrogen and oxygen atoms in total. The molecule has 0 saturated carbocycles. The van der Waals surface area contributed by atoms with E-state index < -0.39 is 5.91 Å². The molecule has 0 spiro atoms. The Bertz CT molecular complexity index is 504. The van der Waals surface area contributed by atoms with Crippen LogP contribution in [0.15, 0.2) is 24.5 Å². The topological polar surface area (TPSA) is 110 Å². The van der Waals surface area contributed by atoms with Gasteiger partial charge in [0.15, 0.2) is 5.82 Å². The molecule has 16 heavy (non-hydrogen) atoms. The van der Waals surface area contributed by atoms with Crippen LogP contribution in [0.5, 0.6) is 0 Å². The highest BCUT2D eigenvalue weighted by Gasteiger charge is 2.11. The van der Waals surface area contributed by atoms with Crippen molar-refractivity contribution in [3.05, 3.63) is 35.9 Å². The molecule has 0 unspecified atom stereocenters. The fourth-order valence-corrected chi connectivity index (χ4v) is 1.16. The lowest BCUT2D eigenvalue weighted by Gasteiger charge is -1.97. The van der Waals surface area contributed by atoms with Crippen molar-refractivity contribution in [2.75, 3.05) is 0 Å². The van der Waals surface area contributed by atoms with Gasteiger partial charge in [-0.3, -0.25) is 9.78 Å². The normalized spacial score (nSPS) is 11.4. The fourth-order valence-electron chi connectivity index (χ4n) is 1.16. The predicted molar refractivity (Wildman–Crippen MR) is 55.5 cm³/mol. The van der Waals surface area contributed by atoms with Gasteiger partial charge in [0, 0.05) is 12.4 Å². The number of tetrazole rings is 1. The number of primary amides is 1. The Morgan fingerprint density at radius 3 is 2.69 bits per heavy atom. The number of aromatic nitrogens is 5. The molecule has 0 aliphatic heterocycles. The maximum Gasteiger partial charge on any atom is 0.252 e. The van der Waals surface area contributed by atoms with Crippen molar-refractivity contribution in [3.63, 3.8) is 0 Å². The van der Waals surface area contributed by atoms with Gasteiger partial charge in [0.05, 0.1) is 5.57 Å². The lowest BCUT2D eigenvalue weighted by molar-refractivity contribution is -0.112. The molecule has 0 saturated heterocycles. The second-order valence-electron chi connectivity index (χ2n) is 2.95. The number of pyridine rings is 1. The van der Waals surface area contributed by atoms with Gasteiger partial charge in [-0.2, -0.15) is 0 Å². The summed E-state index contributed by atoms with van der Waals surface area (Å²) in [7, 11) is 0. The summed E-state index contributed by atoms with van der Waals surface area (Å²) in [4.78, 5) is 15.1. The van der Waals surface area contributed by atoms with Crippen molar-refractivity contribution in [2.45, 2.75) is 0 Å². The van der Waals surface area contributed by atoms with Crippen LogP contribution in [0.4, 0.5) is 0 Å². The van der Waals surface area contributed by atoms with E-state index in [2.05, 4.69) is 25.6 Å². The van der Waals surface area contributed by atoms with Crippen LogP contribution in [-0.4, -0.2) is 31.5 Å². The van der Waals surface area contributed by atoms with Crippen molar-refractivity contribution in [1.82, 2.24) is 25.6 Å². The smallest absolute Gasteiger partial charge is 0.252 e. The molecule has 2 rings (SSSR count). The first-order valence-electron chi connectivity index (χ1n) is 4.43. The van der Waals surface area contributed by atoms with E-state index >= 15 is 0 Å². The number of hydrogen-bond donors (Lipinski definition) is 2. The number of nitrogens with two attached hydrogens (primary N) is 1. The highest BCUT2D eigenvalue weighted by Crippen LogP contribution is 2.12. The molecule has 0 aromatic carbocycles. The number of H-pyrrole nitrogens is 1. The third-order valence-corrected chi connectivity index (χ3v) is 1.88. The molecule has 0 aliphatic carbocycles. The number of amides is 1. The minimum absolute atomic E-state index is 0.219. The van der Waals surface area contributed by atoms with E-state index in [9.17, 15) is 4.79 Å². The van der Waals surface area contributed by atoms with Crippen molar-refractivity contribution in [1.29, 1.82) is 0 Å². The van der Waals surface area contributed by atoms with Gasteiger partial charge in [-0.25, -0.2) is 5.10 Å². The average molecular weight is 216 g/mol. The number of aromatic amines is 1. The molecule has 2 aromatic heterocycles. The monoisotopic (exact) mass is 216 g/mol. The van der Waals surface area contributed by atoms with E-state index in [-0.39, 0.29) is 11.4 Å². The third kappa shape index (κ3) is 2.08.